The lowest BCUT2D eigenvalue weighted by Gasteiger charge is -2.14. The van der Waals surface area contributed by atoms with Crippen molar-refractivity contribution in [3.8, 4) is 5.75 Å². The molecule has 0 aromatic heterocycles. The molecule has 0 aliphatic heterocycles. The van der Waals surface area contributed by atoms with Crippen molar-refractivity contribution in [2.45, 2.75) is 32.8 Å². The second kappa shape index (κ2) is 11.9. The molecular formula is C20H30O3. The Morgan fingerprint density at radius 2 is 1.91 bits per heavy atom. The molecule has 23 heavy (non-hydrogen) atoms. The van der Waals surface area contributed by atoms with Crippen LogP contribution in [0.2, 0.25) is 0 Å². The maximum Gasteiger partial charge on any atom is 0.118 e. The Hall–Kier alpha value is -1.58. The largest absolute Gasteiger partial charge is 0.497 e. The molecule has 0 unspecified atom stereocenters. The Labute approximate surface area is 140 Å². The van der Waals surface area contributed by atoms with Gasteiger partial charge in [0.1, 0.15) is 5.75 Å². The standard InChI is InChI=1S/C20H30O3/c1-4-6-17(5-2)7-8-19(13-14-21)16-23-15-18-9-11-20(22-3)12-10-18/h5,7-12,17,19,21H,2,4,6,13-16H2,1,3H3/b8-7+/t17-,19+/m1/s1. The predicted molar refractivity (Wildman–Crippen MR) is 95.6 cm³/mol. The van der Waals surface area contributed by atoms with Gasteiger partial charge in [-0.2, -0.15) is 0 Å². The molecule has 3 nitrogen and oxygen atoms in total. The fourth-order valence-electron chi connectivity index (χ4n) is 2.38. The number of aliphatic hydroxyl groups is 1. The highest BCUT2D eigenvalue weighted by atomic mass is 16.5. The summed E-state index contributed by atoms with van der Waals surface area (Å²) in [4.78, 5) is 0. The van der Waals surface area contributed by atoms with E-state index in [1.54, 1.807) is 7.11 Å². The minimum absolute atomic E-state index is 0.174. The van der Waals surface area contributed by atoms with Gasteiger partial charge in [0.05, 0.1) is 20.3 Å². The highest BCUT2D eigenvalue weighted by molar-refractivity contribution is 5.26. The molecule has 1 N–H and O–H groups in total. The Bertz CT molecular complexity index is 450. The molecule has 0 bridgehead atoms. The van der Waals surface area contributed by atoms with Crippen LogP contribution < -0.4 is 4.74 Å². The number of allylic oxidation sites excluding steroid dienone is 2. The predicted octanol–water partition coefficient (Wildman–Crippen LogP) is 4.37. The lowest BCUT2D eigenvalue weighted by atomic mass is 9.99. The number of benzene rings is 1. The monoisotopic (exact) mass is 318 g/mol. The normalized spacial score (nSPS) is 13.9. The highest BCUT2D eigenvalue weighted by Gasteiger charge is 2.06. The summed E-state index contributed by atoms with van der Waals surface area (Å²) < 4.78 is 10.9. The molecule has 1 aromatic carbocycles. The Balaban J connectivity index is 2.45. The fraction of sp³-hybridized carbons (Fsp3) is 0.500. The minimum Gasteiger partial charge on any atom is -0.497 e. The van der Waals surface area contributed by atoms with Crippen LogP contribution in [-0.4, -0.2) is 25.4 Å². The zero-order valence-corrected chi connectivity index (χ0v) is 14.4. The van der Waals surface area contributed by atoms with Gasteiger partial charge >= 0.3 is 0 Å². The lowest BCUT2D eigenvalue weighted by Crippen LogP contribution is -2.10. The maximum atomic E-state index is 9.21. The van der Waals surface area contributed by atoms with Crippen LogP contribution in [-0.2, 0) is 11.3 Å². The Morgan fingerprint density at radius 3 is 2.48 bits per heavy atom. The number of methoxy groups -OCH3 is 1. The first kappa shape index (κ1) is 19.5. The van der Waals surface area contributed by atoms with E-state index in [2.05, 4.69) is 25.7 Å². The molecule has 1 aromatic rings. The van der Waals surface area contributed by atoms with Crippen LogP contribution in [0, 0.1) is 11.8 Å². The SMILES string of the molecule is C=C[C@@H](/C=C/[C@@H](CCO)COCc1ccc(OC)cc1)CCC. The molecule has 1 rings (SSSR count). The third-order valence-electron chi connectivity index (χ3n) is 3.81. The summed E-state index contributed by atoms with van der Waals surface area (Å²) in [5.74, 6) is 1.49. The van der Waals surface area contributed by atoms with Gasteiger partial charge in [-0.15, -0.1) is 6.58 Å². The number of ether oxygens (including phenoxy) is 2. The van der Waals surface area contributed by atoms with Crippen molar-refractivity contribution in [3.05, 3.63) is 54.6 Å². The zero-order valence-electron chi connectivity index (χ0n) is 14.4. The quantitative estimate of drug-likeness (QED) is 0.582. The summed E-state index contributed by atoms with van der Waals surface area (Å²) >= 11 is 0. The van der Waals surface area contributed by atoms with Crippen molar-refractivity contribution in [3.63, 3.8) is 0 Å². The van der Waals surface area contributed by atoms with Gasteiger partial charge in [0, 0.05) is 12.5 Å². The third kappa shape index (κ3) is 8.00. The van der Waals surface area contributed by atoms with Crippen LogP contribution in [0.1, 0.15) is 31.7 Å². The van der Waals surface area contributed by atoms with Crippen LogP contribution in [0.15, 0.2) is 49.1 Å². The number of aliphatic hydroxyl groups excluding tert-OH is 1. The van der Waals surface area contributed by atoms with E-state index in [1.165, 1.54) is 0 Å². The number of rotatable bonds is 12. The van der Waals surface area contributed by atoms with Crippen LogP contribution in [0.5, 0.6) is 5.75 Å². The van der Waals surface area contributed by atoms with E-state index >= 15 is 0 Å². The van der Waals surface area contributed by atoms with E-state index in [0.717, 1.165) is 30.6 Å². The molecule has 128 valence electrons. The van der Waals surface area contributed by atoms with Gasteiger partial charge in [-0.25, -0.2) is 0 Å². The van der Waals surface area contributed by atoms with E-state index in [-0.39, 0.29) is 12.5 Å². The summed E-state index contributed by atoms with van der Waals surface area (Å²) in [6.07, 6.45) is 9.29. The van der Waals surface area contributed by atoms with Crippen molar-refractivity contribution in [1.29, 1.82) is 0 Å². The molecular weight excluding hydrogens is 288 g/mol. The average molecular weight is 318 g/mol. The third-order valence-corrected chi connectivity index (χ3v) is 3.81. The second-order valence-corrected chi connectivity index (χ2v) is 5.71. The molecule has 2 atom stereocenters. The fourth-order valence-corrected chi connectivity index (χ4v) is 2.38. The van der Waals surface area contributed by atoms with Crippen molar-refractivity contribution < 1.29 is 14.6 Å². The van der Waals surface area contributed by atoms with Crippen molar-refractivity contribution in [2.75, 3.05) is 20.3 Å². The Kier molecular flexibility index (Phi) is 10.1. The van der Waals surface area contributed by atoms with Gasteiger partial charge in [0.25, 0.3) is 0 Å². The van der Waals surface area contributed by atoms with Crippen LogP contribution in [0.3, 0.4) is 0 Å². The smallest absolute Gasteiger partial charge is 0.118 e. The van der Waals surface area contributed by atoms with Crippen molar-refractivity contribution in [2.24, 2.45) is 11.8 Å². The number of hydrogen-bond acceptors (Lipinski definition) is 3. The van der Waals surface area contributed by atoms with Crippen LogP contribution in [0.25, 0.3) is 0 Å². The van der Waals surface area contributed by atoms with E-state index in [4.69, 9.17) is 9.47 Å². The van der Waals surface area contributed by atoms with Gasteiger partial charge in [-0.3, -0.25) is 0 Å². The first-order valence-corrected chi connectivity index (χ1v) is 8.35. The molecule has 0 amide bonds. The van der Waals surface area contributed by atoms with Gasteiger partial charge in [-0.1, -0.05) is 43.7 Å². The summed E-state index contributed by atoms with van der Waals surface area (Å²) in [5.41, 5.74) is 1.12. The topological polar surface area (TPSA) is 38.7 Å². The first-order chi connectivity index (χ1) is 11.2. The van der Waals surface area contributed by atoms with Gasteiger partial charge in [0.2, 0.25) is 0 Å². The molecule has 0 aliphatic rings. The summed E-state index contributed by atoms with van der Waals surface area (Å²) in [5, 5.41) is 9.21. The molecule has 0 spiro atoms. The van der Waals surface area contributed by atoms with Crippen LogP contribution >= 0.6 is 0 Å². The van der Waals surface area contributed by atoms with Gasteiger partial charge in [0.15, 0.2) is 0 Å². The highest BCUT2D eigenvalue weighted by Crippen LogP contribution is 2.15. The average Bonchev–Trinajstić information content (AvgIpc) is 2.59. The molecule has 0 saturated heterocycles. The van der Waals surface area contributed by atoms with Crippen LogP contribution in [0.4, 0.5) is 0 Å². The van der Waals surface area contributed by atoms with Crippen molar-refractivity contribution in [1.82, 2.24) is 0 Å². The molecule has 0 fully saturated rings. The van der Waals surface area contributed by atoms with Gasteiger partial charge in [-0.05, 0) is 36.5 Å². The lowest BCUT2D eigenvalue weighted by molar-refractivity contribution is 0.0908. The molecule has 3 heteroatoms. The first-order valence-electron chi connectivity index (χ1n) is 8.35. The van der Waals surface area contributed by atoms with E-state index in [9.17, 15) is 5.11 Å². The molecule has 0 saturated carbocycles. The summed E-state index contributed by atoms with van der Waals surface area (Å²) in [7, 11) is 1.66. The van der Waals surface area contributed by atoms with E-state index in [1.807, 2.05) is 30.3 Å². The minimum atomic E-state index is 0.174. The van der Waals surface area contributed by atoms with Gasteiger partial charge < -0.3 is 14.6 Å². The summed E-state index contributed by atoms with van der Waals surface area (Å²) in [6, 6.07) is 7.88. The number of hydrogen-bond donors (Lipinski definition) is 1. The maximum absolute atomic E-state index is 9.21. The van der Waals surface area contributed by atoms with E-state index in [0.29, 0.717) is 19.1 Å². The molecule has 0 heterocycles. The molecule has 0 aliphatic carbocycles. The van der Waals surface area contributed by atoms with Crippen molar-refractivity contribution >= 4 is 0 Å². The summed E-state index contributed by atoms with van der Waals surface area (Å²) in [6.45, 7) is 7.40. The zero-order chi connectivity index (χ0) is 16.9. The molecule has 0 radical (unpaired) electrons. The second-order valence-electron chi connectivity index (χ2n) is 5.71. The van der Waals surface area contributed by atoms with E-state index < -0.39 is 0 Å². The Morgan fingerprint density at radius 1 is 1.17 bits per heavy atom.